The van der Waals surface area contributed by atoms with Crippen molar-refractivity contribution < 1.29 is 14.0 Å². The van der Waals surface area contributed by atoms with Crippen LogP contribution in [0.25, 0.3) is 0 Å². The number of likely N-dealkylation sites (tertiary alicyclic amines) is 1. The van der Waals surface area contributed by atoms with Gasteiger partial charge in [0.25, 0.3) is 0 Å². The molecule has 1 atom stereocenters. The van der Waals surface area contributed by atoms with Crippen molar-refractivity contribution in [2.75, 3.05) is 20.8 Å². The summed E-state index contributed by atoms with van der Waals surface area (Å²) in [6, 6.07) is 6.51. The smallest absolute Gasteiger partial charge is 0.161 e. The minimum Gasteiger partial charge on any atom is -0.493 e. The monoisotopic (exact) mass is 316 g/mol. The van der Waals surface area contributed by atoms with Gasteiger partial charge in [0.15, 0.2) is 11.5 Å². The molecule has 0 N–H and O–H groups in total. The van der Waals surface area contributed by atoms with Crippen molar-refractivity contribution in [3.8, 4) is 11.5 Å². The van der Waals surface area contributed by atoms with Gasteiger partial charge >= 0.3 is 0 Å². The molecule has 5 nitrogen and oxygen atoms in total. The first-order valence-electron chi connectivity index (χ1n) is 8.01. The molecule has 0 spiro atoms. The lowest BCUT2D eigenvalue weighted by molar-refractivity contribution is 0.245. The molecule has 2 aromatic rings. The van der Waals surface area contributed by atoms with Gasteiger partial charge in [0.2, 0.25) is 0 Å². The third kappa shape index (κ3) is 3.06. The molecule has 5 heteroatoms. The summed E-state index contributed by atoms with van der Waals surface area (Å²) in [5.41, 5.74) is 3.48. The molecule has 1 aromatic carbocycles. The summed E-state index contributed by atoms with van der Waals surface area (Å²) in [5, 5.41) is 4.11. The van der Waals surface area contributed by atoms with Crippen molar-refractivity contribution in [1.82, 2.24) is 10.1 Å². The number of aryl methyl sites for hydroxylation is 2. The fraction of sp³-hybridized carbons (Fsp3) is 0.500. The van der Waals surface area contributed by atoms with Crippen molar-refractivity contribution in [1.29, 1.82) is 0 Å². The van der Waals surface area contributed by atoms with Crippen LogP contribution in [0.15, 0.2) is 22.7 Å². The number of nitrogens with zero attached hydrogens (tertiary/aromatic N) is 2. The molecule has 1 fully saturated rings. The fourth-order valence-electron chi connectivity index (χ4n) is 3.52. The molecule has 124 valence electrons. The van der Waals surface area contributed by atoms with Crippen LogP contribution in [0.2, 0.25) is 0 Å². The summed E-state index contributed by atoms with van der Waals surface area (Å²) in [6.07, 6.45) is 2.35. The standard InChI is InChI=1S/C18H24N2O3/c1-12-18(13(2)23-19-12)15-6-5-9-20(15)11-14-7-8-16(21-3)17(10-14)22-4/h7-8,10,15H,5-6,9,11H2,1-4H3/t15-/m1/s1. The van der Waals surface area contributed by atoms with Gasteiger partial charge in [-0.1, -0.05) is 11.2 Å². The molecule has 3 rings (SSSR count). The molecule has 0 unspecified atom stereocenters. The normalized spacial score (nSPS) is 18.3. The Labute approximate surface area is 137 Å². The van der Waals surface area contributed by atoms with Crippen molar-refractivity contribution in [2.45, 2.75) is 39.3 Å². The number of ether oxygens (including phenoxy) is 2. The summed E-state index contributed by atoms with van der Waals surface area (Å²) >= 11 is 0. The van der Waals surface area contributed by atoms with Crippen LogP contribution in [0.5, 0.6) is 11.5 Å². The van der Waals surface area contributed by atoms with Gasteiger partial charge in [-0.2, -0.15) is 0 Å². The summed E-state index contributed by atoms with van der Waals surface area (Å²) < 4.78 is 16.1. The number of hydrogen-bond acceptors (Lipinski definition) is 5. The first-order chi connectivity index (χ1) is 11.1. The lowest BCUT2D eigenvalue weighted by atomic mass is 10.0. The van der Waals surface area contributed by atoms with Gasteiger partial charge in [-0.05, 0) is 50.9 Å². The van der Waals surface area contributed by atoms with E-state index in [-0.39, 0.29) is 0 Å². The average Bonchev–Trinajstić information content (AvgIpc) is 3.13. The molecule has 0 bridgehead atoms. The number of rotatable bonds is 5. The van der Waals surface area contributed by atoms with Crippen LogP contribution in [-0.4, -0.2) is 30.8 Å². The lowest BCUT2D eigenvalue weighted by Crippen LogP contribution is -2.23. The van der Waals surface area contributed by atoms with E-state index in [9.17, 15) is 0 Å². The third-order valence-corrected chi connectivity index (χ3v) is 4.62. The Morgan fingerprint density at radius 1 is 1.22 bits per heavy atom. The zero-order valence-corrected chi connectivity index (χ0v) is 14.3. The Balaban J connectivity index is 1.82. The number of methoxy groups -OCH3 is 2. The molecule has 1 aromatic heterocycles. The van der Waals surface area contributed by atoms with Crippen molar-refractivity contribution >= 4 is 0 Å². The van der Waals surface area contributed by atoms with Crippen LogP contribution < -0.4 is 9.47 Å². The van der Waals surface area contributed by atoms with E-state index >= 15 is 0 Å². The highest BCUT2D eigenvalue weighted by Crippen LogP contribution is 2.37. The van der Waals surface area contributed by atoms with Crippen LogP contribution in [0.1, 0.15) is 41.5 Å². The Bertz CT molecular complexity index is 661. The maximum absolute atomic E-state index is 5.41. The molecule has 0 radical (unpaired) electrons. The summed E-state index contributed by atoms with van der Waals surface area (Å²) in [6.45, 7) is 6.00. The predicted molar refractivity (Wildman–Crippen MR) is 87.9 cm³/mol. The van der Waals surface area contributed by atoms with Crippen LogP contribution in [-0.2, 0) is 6.54 Å². The topological polar surface area (TPSA) is 47.7 Å². The van der Waals surface area contributed by atoms with Crippen LogP contribution >= 0.6 is 0 Å². The van der Waals surface area contributed by atoms with E-state index in [2.05, 4.69) is 22.2 Å². The Morgan fingerprint density at radius 2 is 2.00 bits per heavy atom. The van der Waals surface area contributed by atoms with E-state index < -0.39 is 0 Å². The summed E-state index contributed by atoms with van der Waals surface area (Å²) in [4.78, 5) is 2.49. The molecule has 0 amide bonds. The van der Waals surface area contributed by atoms with Crippen molar-refractivity contribution in [2.24, 2.45) is 0 Å². The van der Waals surface area contributed by atoms with E-state index in [1.807, 2.05) is 19.9 Å². The maximum atomic E-state index is 5.41. The molecule has 1 aliphatic rings. The minimum absolute atomic E-state index is 0.384. The first kappa shape index (κ1) is 15.9. The van der Waals surface area contributed by atoms with Crippen LogP contribution in [0.3, 0.4) is 0 Å². The van der Waals surface area contributed by atoms with Gasteiger partial charge in [0.05, 0.1) is 19.9 Å². The average molecular weight is 316 g/mol. The molecule has 23 heavy (non-hydrogen) atoms. The molecular formula is C18H24N2O3. The number of benzene rings is 1. The van der Waals surface area contributed by atoms with Crippen LogP contribution in [0.4, 0.5) is 0 Å². The quantitative estimate of drug-likeness (QED) is 0.842. The van der Waals surface area contributed by atoms with Crippen molar-refractivity contribution in [3.63, 3.8) is 0 Å². The van der Waals surface area contributed by atoms with E-state index in [1.54, 1.807) is 14.2 Å². The van der Waals surface area contributed by atoms with Gasteiger partial charge in [0.1, 0.15) is 5.76 Å². The minimum atomic E-state index is 0.384. The second-order valence-corrected chi connectivity index (χ2v) is 6.06. The van der Waals surface area contributed by atoms with Gasteiger partial charge in [-0.15, -0.1) is 0 Å². The zero-order chi connectivity index (χ0) is 16.4. The maximum Gasteiger partial charge on any atom is 0.161 e. The Morgan fingerprint density at radius 3 is 2.65 bits per heavy atom. The first-order valence-corrected chi connectivity index (χ1v) is 8.01. The summed E-state index contributed by atoms with van der Waals surface area (Å²) in [5.74, 6) is 2.48. The van der Waals surface area contributed by atoms with Crippen LogP contribution in [0, 0.1) is 13.8 Å². The second-order valence-electron chi connectivity index (χ2n) is 6.06. The Hall–Kier alpha value is -2.01. The van der Waals surface area contributed by atoms with E-state index in [1.165, 1.54) is 17.5 Å². The number of hydrogen-bond donors (Lipinski definition) is 0. The summed E-state index contributed by atoms with van der Waals surface area (Å²) in [7, 11) is 3.33. The van der Waals surface area contributed by atoms with Gasteiger partial charge < -0.3 is 14.0 Å². The lowest BCUT2D eigenvalue weighted by Gasteiger charge is -2.25. The second kappa shape index (κ2) is 6.62. The molecule has 1 aliphatic heterocycles. The highest BCUT2D eigenvalue weighted by molar-refractivity contribution is 5.43. The van der Waals surface area contributed by atoms with E-state index in [0.29, 0.717) is 6.04 Å². The third-order valence-electron chi connectivity index (χ3n) is 4.62. The molecule has 0 saturated carbocycles. The molecule has 1 saturated heterocycles. The number of aromatic nitrogens is 1. The van der Waals surface area contributed by atoms with E-state index in [0.717, 1.165) is 42.5 Å². The predicted octanol–water partition coefficient (Wildman–Crippen LogP) is 3.65. The van der Waals surface area contributed by atoms with Gasteiger partial charge in [-0.3, -0.25) is 4.90 Å². The van der Waals surface area contributed by atoms with Gasteiger partial charge in [-0.25, -0.2) is 0 Å². The molecule has 2 heterocycles. The van der Waals surface area contributed by atoms with Gasteiger partial charge in [0, 0.05) is 18.2 Å². The molecular weight excluding hydrogens is 292 g/mol. The molecule has 0 aliphatic carbocycles. The largest absolute Gasteiger partial charge is 0.493 e. The van der Waals surface area contributed by atoms with E-state index in [4.69, 9.17) is 14.0 Å². The SMILES string of the molecule is COc1ccc(CN2CCC[C@@H]2c2c(C)noc2C)cc1OC. The zero-order valence-electron chi connectivity index (χ0n) is 14.3. The Kier molecular flexibility index (Phi) is 4.57. The highest BCUT2D eigenvalue weighted by atomic mass is 16.5. The fourth-order valence-corrected chi connectivity index (χ4v) is 3.52. The van der Waals surface area contributed by atoms with Crippen molar-refractivity contribution in [3.05, 3.63) is 40.8 Å². The highest BCUT2D eigenvalue weighted by Gasteiger charge is 2.30.